The van der Waals surface area contributed by atoms with Gasteiger partial charge in [-0.15, -0.1) is 0 Å². The number of hydrogen-bond acceptors (Lipinski definition) is 6. The van der Waals surface area contributed by atoms with Crippen LogP contribution < -0.4 is 10.2 Å². The van der Waals surface area contributed by atoms with Crippen molar-refractivity contribution in [3.05, 3.63) is 5.82 Å². The molecule has 1 aliphatic carbocycles. The van der Waals surface area contributed by atoms with Gasteiger partial charge in [-0.1, -0.05) is 0 Å². The number of carboxylic acids is 1. The predicted molar refractivity (Wildman–Crippen MR) is 75.9 cm³/mol. The molecule has 2 rings (SSSR count). The summed E-state index contributed by atoms with van der Waals surface area (Å²) in [7, 11) is 3.77. The number of carbonyl (C=O) groups is 1. The molecule has 1 aromatic heterocycles. The van der Waals surface area contributed by atoms with Crippen molar-refractivity contribution in [1.82, 2.24) is 15.0 Å². The maximum absolute atomic E-state index is 10.9. The molecule has 0 radical (unpaired) electrons. The van der Waals surface area contributed by atoms with Gasteiger partial charge in [0.25, 0.3) is 0 Å². The summed E-state index contributed by atoms with van der Waals surface area (Å²) in [6.45, 7) is 1.83. The third-order valence-electron chi connectivity index (χ3n) is 3.55. The minimum Gasteiger partial charge on any atom is -0.481 e. The van der Waals surface area contributed by atoms with Gasteiger partial charge in [0.15, 0.2) is 0 Å². The monoisotopic (exact) mass is 279 g/mol. The zero-order valence-corrected chi connectivity index (χ0v) is 12.1. The van der Waals surface area contributed by atoms with Gasteiger partial charge in [0.1, 0.15) is 5.82 Å². The minimum absolute atomic E-state index is 0.203. The first-order valence-electron chi connectivity index (χ1n) is 6.85. The first-order chi connectivity index (χ1) is 9.45. The van der Waals surface area contributed by atoms with E-state index < -0.39 is 5.97 Å². The van der Waals surface area contributed by atoms with E-state index in [2.05, 4.69) is 20.3 Å². The molecule has 0 spiro atoms. The second kappa shape index (κ2) is 6.02. The van der Waals surface area contributed by atoms with Gasteiger partial charge < -0.3 is 15.3 Å². The summed E-state index contributed by atoms with van der Waals surface area (Å²) < 4.78 is 0. The summed E-state index contributed by atoms with van der Waals surface area (Å²) >= 11 is 0. The Hall–Kier alpha value is -1.92. The lowest BCUT2D eigenvalue weighted by Crippen LogP contribution is -2.30. The number of hydrogen-bond donors (Lipinski definition) is 2. The van der Waals surface area contributed by atoms with Crippen LogP contribution in [0, 0.1) is 12.8 Å². The minimum atomic E-state index is -0.686. The van der Waals surface area contributed by atoms with Crippen LogP contribution in [0.3, 0.4) is 0 Å². The molecule has 1 saturated carbocycles. The number of nitrogens with one attached hydrogen (secondary N) is 1. The van der Waals surface area contributed by atoms with Gasteiger partial charge in [0.05, 0.1) is 5.92 Å². The van der Waals surface area contributed by atoms with Gasteiger partial charge in [0.2, 0.25) is 11.9 Å². The summed E-state index contributed by atoms with van der Waals surface area (Å²) in [4.78, 5) is 25.7. The van der Waals surface area contributed by atoms with Gasteiger partial charge >= 0.3 is 5.97 Å². The Morgan fingerprint density at radius 1 is 1.20 bits per heavy atom. The van der Waals surface area contributed by atoms with E-state index in [1.54, 1.807) is 0 Å². The number of carboxylic acid groups (broad SMARTS) is 1. The quantitative estimate of drug-likeness (QED) is 0.858. The van der Waals surface area contributed by atoms with Gasteiger partial charge in [-0.2, -0.15) is 15.0 Å². The van der Waals surface area contributed by atoms with E-state index >= 15 is 0 Å². The van der Waals surface area contributed by atoms with Crippen LogP contribution in [0.4, 0.5) is 11.9 Å². The standard InChI is InChI=1S/C13H21N5O2/c1-8-14-12(17-13(15-8)18(2)3)16-10-6-4-9(5-7-10)11(19)20/h9-10H,4-7H2,1-3H3,(H,19,20)(H,14,15,16,17). The number of anilines is 2. The van der Waals surface area contributed by atoms with Crippen LogP contribution in [-0.2, 0) is 4.79 Å². The van der Waals surface area contributed by atoms with Crippen molar-refractivity contribution in [3.8, 4) is 0 Å². The lowest BCUT2D eigenvalue weighted by Gasteiger charge is -2.27. The summed E-state index contributed by atoms with van der Waals surface area (Å²) in [5.41, 5.74) is 0. The molecule has 0 atom stereocenters. The third-order valence-corrected chi connectivity index (χ3v) is 3.55. The maximum Gasteiger partial charge on any atom is 0.306 e. The lowest BCUT2D eigenvalue weighted by atomic mass is 9.86. The summed E-state index contributed by atoms with van der Waals surface area (Å²) in [6.07, 6.45) is 3.08. The molecule has 20 heavy (non-hydrogen) atoms. The molecule has 0 saturated heterocycles. The Bertz CT molecular complexity index is 484. The fraction of sp³-hybridized carbons (Fsp3) is 0.692. The van der Waals surface area contributed by atoms with Crippen LogP contribution in [0.25, 0.3) is 0 Å². The molecule has 0 unspecified atom stereocenters. The van der Waals surface area contributed by atoms with Crippen LogP contribution in [0.5, 0.6) is 0 Å². The van der Waals surface area contributed by atoms with Crippen LogP contribution in [-0.4, -0.2) is 46.2 Å². The van der Waals surface area contributed by atoms with E-state index in [0.717, 1.165) is 12.8 Å². The molecule has 7 heteroatoms. The van der Waals surface area contributed by atoms with Crippen LogP contribution >= 0.6 is 0 Å². The highest BCUT2D eigenvalue weighted by Gasteiger charge is 2.26. The second-order valence-electron chi connectivity index (χ2n) is 5.43. The number of rotatable bonds is 4. The number of aromatic nitrogens is 3. The predicted octanol–water partition coefficient (Wildman–Crippen LogP) is 1.30. The Morgan fingerprint density at radius 2 is 1.85 bits per heavy atom. The summed E-state index contributed by atoms with van der Waals surface area (Å²) in [6, 6.07) is 0.238. The first kappa shape index (κ1) is 14.5. The van der Waals surface area contributed by atoms with E-state index in [1.807, 2.05) is 25.9 Å². The van der Waals surface area contributed by atoms with Crippen molar-refractivity contribution in [2.24, 2.45) is 5.92 Å². The highest BCUT2D eigenvalue weighted by atomic mass is 16.4. The SMILES string of the molecule is Cc1nc(NC2CCC(C(=O)O)CC2)nc(N(C)C)n1. The molecule has 1 heterocycles. The smallest absolute Gasteiger partial charge is 0.306 e. The number of aliphatic carboxylic acids is 1. The van der Waals surface area contributed by atoms with E-state index in [9.17, 15) is 4.79 Å². The van der Waals surface area contributed by atoms with Gasteiger partial charge in [-0.05, 0) is 32.6 Å². The van der Waals surface area contributed by atoms with Crippen LogP contribution in [0.2, 0.25) is 0 Å². The molecule has 2 N–H and O–H groups in total. The van der Waals surface area contributed by atoms with E-state index in [0.29, 0.717) is 30.6 Å². The van der Waals surface area contributed by atoms with Gasteiger partial charge in [-0.3, -0.25) is 4.79 Å². The largest absolute Gasteiger partial charge is 0.481 e. The molecule has 1 aliphatic rings. The Balaban J connectivity index is 1.99. The Morgan fingerprint density at radius 3 is 2.40 bits per heavy atom. The average molecular weight is 279 g/mol. The van der Waals surface area contributed by atoms with Crippen molar-refractivity contribution in [2.45, 2.75) is 38.6 Å². The van der Waals surface area contributed by atoms with Crippen molar-refractivity contribution in [1.29, 1.82) is 0 Å². The lowest BCUT2D eigenvalue weighted by molar-refractivity contribution is -0.142. The molecule has 0 bridgehead atoms. The van der Waals surface area contributed by atoms with Crippen molar-refractivity contribution < 1.29 is 9.90 Å². The third kappa shape index (κ3) is 3.55. The molecular formula is C13H21N5O2. The van der Waals surface area contributed by atoms with E-state index in [1.165, 1.54) is 0 Å². The molecule has 1 aromatic rings. The van der Waals surface area contributed by atoms with Crippen molar-refractivity contribution >= 4 is 17.9 Å². The molecule has 0 amide bonds. The zero-order chi connectivity index (χ0) is 14.7. The van der Waals surface area contributed by atoms with Gasteiger partial charge in [-0.25, -0.2) is 0 Å². The topological polar surface area (TPSA) is 91.2 Å². The first-order valence-corrected chi connectivity index (χ1v) is 6.85. The Kier molecular flexibility index (Phi) is 4.36. The molecule has 7 nitrogen and oxygen atoms in total. The maximum atomic E-state index is 10.9. The highest BCUT2D eigenvalue weighted by Crippen LogP contribution is 2.26. The van der Waals surface area contributed by atoms with Crippen molar-refractivity contribution in [2.75, 3.05) is 24.3 Å². The second-order valence-corrected chi connectivity index (χ2v) is 5.43. The fourth-order valence-electron chi connectivity index (χ4n) is 2.40. The molecule has 1 fully saturated rings. The van der Waals surface area contributed by atoms with Crippen LogP contribution in [0.15, 0.2) is 0 Å². The zero-order valence-electron chi connectivity index (χ0n) is 12.1. The molecule has 0 aromatic carbocycles. The normalized spacial score (nSPS) is 22.4. The molecule has 0 aliphatic heterocycles. The van der Waals surface area contributed by atoms with Crippen molar-refractivity contribution in [3.63, 3.8) is 0 Å². The van der Waals surface area contributed by atoms with Crippen LogP contribution in [0.1, 0.15) is 31.5 Å². The molecular weight excluding hydrogens is 258 g/mol. The van der Waals surface area contributed by atoms with Gasteiger partial charge in [0, 0.05) is 20.1 Å². The number of nitrogens with zero attached hydrogens (tertiary/aromatic N) is 4. The fourth-order valence-corrected chi connectivity index (χ4v) is 2.40. The van der Waals surface area contributed by atoms with E-state index in [4.69, 9.17) is 5.11 Å². The summed E-state index contributed by atoms with van der Waals surface area (Å²) in [5, 5.41) is 12.3. The highest BCUT2D eigenvalue weighted by molar-refractivity contribution is 5.70. The summed E-state index contributed by atoms with van der Waals surface area (Å²) in [5.74, 6) is 0.976. The number of aryl methyl sites for hydroxylation is 1. The average Bonchev–Trinajstić information content (AvgIpc) is 2.38. The molecule has 110 valence electrons. The Labute approximate surface area is 118 Å². The van der Waals surface area contributed by atoms with E-state index in [-0.39, 0.29) is 12.0 Å².